The van der Waals surface area contributed by atoms with E-state index in [4.69, 9.17) is 24.1 Å². The standard InChI is InChI=1S/C13H8N2O7.C11H8N2O5S.C4H5NOS.CH4.HI/c16-13(21-11-5-1-9(2-6-11)14(17)18)22-12-7-3-10(4-8-12)15(19)20;14-11(17-6-10-5-12-7-19-10)18-9-3-1-8(2-4-9)13(15)16;6-2-4-1-5-3-7-4;;/h1-8H;1-5,7H,6H2;1,3,6H,2H2;1H4;1H. The molecule has 5 aromatic rings. The zero-order chi connectivity index (χ0) is 34.9. The van der Waals surface area contributed by atoms with Gasteiger partial charge in [-0.2, -0.15) is 0 Å². The van der Waals surface area contributed by atoms with Crippen molar-refractivity contribution in [3.63, 3.8) is 0 Å². The molecule has 5 rings (SSSR count). The number of hydrogen-bond donors (Lipinski definition) is 1. The maximum absolute atomic E-state index is 11.5. The minimum absolute atomic E-state index is 0. The molecule has 50 heavy (non-hydrogen) atoms. The number of thiazole rings is 2. The molecule has 2 heterocycles. The monoisotopic (exact) mass is 843 g/mol. The van der Waals surface area contributed by atoms with Crippen LogP contribution in [0.5, 0.6) is 17.2 Å². The van der Waals surface area contributed by atoms with Crippen LogP contribution in [0.4, 0.5) is 26.7 Å². The predicted octanol–water partition coefficient (Wildman–Crippen LogP) is 7.74. The molecule has 0 aliphatic heterocycles. The molecule has 0 saturated heterocycles. The molecule has 1 N–H and O–H groups in total. The second-order valence-electron chi connectivity index (χ2n) is 8.44. The number of nitrogens with zero attached hydrogens (tertiary/aromatic N) is 5. The first kappa shape index (κ1) is 42.4. The Balaban J connectivity index is 0.000000407. The molecule has 18 nitrogen and oxygen atoms in total. The average molecular weight is 844 g/mol. The zero-order valence-corrected chi connectivity index (χ0v) is 28.4. The molecule has 0 fully saturated rings. The highest BCUT2D eigenvalue weighted by molar-refractivity contribution is 14.0. The maximum atomic E-state index is 11.5. The Bertz CT molecular complexity index is 1730. The van der Waals surface area contributed by atoms with Crippen LogP contribution in [0.2, 0.25) is 0 Å². The van der Waals surface area contributed by atoms with Crippen LogP contribution in [-0.4, -0.2) is 42.2 Å². The van der Waals surface area contributed by atoms with Crippen molar-refractivity contribution in [2.24, 2.45) is 0 Å². The summed E-state index contributed by atoms with van der Waals surface area (Å²) in [6, 6.07) is 14.8. The third kappa shape index (κ3) is 15.1. The fourth-order valence-electron chi connectivity index (χ4n) is 3.01. The summed E-state index contributed by atoms with van der Waals surface area (Å²) in [6.45, 7) is 0.196. The van der Waals surface area contributed by atoms with Gasteiger partial charge in [-0.1, -0.05) is 7.43 Å². The first-order valence-corrected chi connectivity index (χ1v) is 14.6. The van der Waals surface area contributed by atoms with E-state index in [0.717, 1.165) is 9.75 Å². The molecule has 0 aliphatic carbocycles. The van der Waals surface area contributed by atoms with Gasteiger partial charge < -0.3 is 24.1 Å². The number of ether oxygens (including phenoxy) is 4. The van der Waals surface area contributed by atoms with Crippen LogP contribution < -0.4 is 14.2 Å². The quantitative estimate of drug-likeness (QED) is 0.0490. The number of hydrogen-bond acceptors (Lipinski definition) is 17. The number of aliphatic hydroxyl groups excluding tert-OH is 1. The van der Waals surface area contributed by atoms with Crippen LogP contribution in [0.3, 0.4) is 0 Å². The van der Waals surface area contributed by atoms with E-state index < -0.39 is 27.1 Å². The number of halogens is 1. The molecule has 264 valence electrons. The smallest absolute Gasteiger partial charge is 0.428 e. The lowest BCUT2D eigenvalue weighted by atomic mass is 10.3. The molecule has 0 bridgehead atoms. The first-order chi connectivity index (χ1) is 23.0. The van der Waals surface area contributed by atoms with Gasteiger partial charge in [-0.3, -0.25) is 40.3 Å². The van der Waals surface area contributed by atoms with E-state index in [1.165, 1.54) is 95.5 Å². The van der Waals surface area contributed by atoms with E-state index in [0.29, 0.717) is 0 Å². The second kappa shape index (κ2) is 22.1. The van der Waals surface area contributed by atoms with Gasteiger partial charge in [0.05, 0.1) is 37.3 Å². The summed E-state index contributed by atoms with van der Waals surface area (Å²) in [5.41, 5.74) is 2.96. The molecule has 2 aromatic heterocycles. The van der Waals surface area contributed by atoms with Crippen molar-refractivity contribution in [3.8, 4) is 17.2 Å². The van der Waals surface area contributed by atoms with Crippen LogP contribution in [0.15, 0.2) is 96.2 Å². The molecule has 3 aromatic carbocycles. The average Bonchev–Trinajstić information content (AvgIpc) is 3.80. The Kier molecular flexibility index (Phi) is 18.7. The highest BCUT2D eigenvalue weighted by Crippen LogP contribution is 2.21. The van der Waals surface area contributed by atoms with E-state index in [1.807, 2.05) is 0 Å². The molecular formula is C29H26IN5O13S2. The van der Waals surface area contributed by atoms with Gasteiger partial charge in [-0.25, -0.2) is 9.59 Å². The Hall–Kier alpha value is -5.65. The number of carbonyl (C=O) groups is 2. The largest absolute Gasteiger partial charge is 0.519 e. The number of benzene rings is 3. The molecule has 0 atom stereocenters. The van der Waals surface area contributed by atoms with Gasteiger partial charge >= 0.3 is 12.3 Å². The van der Waals surface area contributed by atoms with Crippen LogP contribution >= 0.6 is 46.7 Å². The van der Waals surface area contributed by atoms with Crippen LogP contribution in [-0.2, 0) is 18.0 Å². The molecule has 0 amide bonds. The van der Waals surface area contributed by atoms with Gasteiger partial charge in [0.1, 0.15) is 23.9 Å². The number of nitro groups is 3. The van der Waals surface area contributed by atoms with Gasteiger partial charge in [0.2, 0.25) is 0 Å². The highest BCUT2D eigenvalue weighted by atomic mass is 127. The Morgan fingerprint density at radius 1 is 0.620 bits per heavy atom. The van der Waals surface area contributed by atoms with E-state index in [2.05, 4.69) is 9.97 Å². The molecule has 0 saturated carbocycles. The van der Waals surface area contributed by atoms with Crippen LogP contribution in [0, 0.1) is 30.3 Å². The Labute approximate surface area is 307 Å². The van der Waals surface area contributed by atoms with Gasteiger partial charge in [-0.15, -0.1) is 46.7 Å². The molecule has 0 spiro atoms. The topological polar surface area (TPSA) is 246 Å². The van der Waals surface area contributed by atoms with Gasteiger partial charge in [0, 0.05) is 53.7 Å². The number of non-ortho nitro benzene ring substituents is 3. The Morgan fingerprint density at radius 3 is 1.24 bits per heavy atom. The van der Waals surface area contributed by atoms with Crippen molar-refractivity contribution in [1.29, 1.82) is 0 Å². The highest BCUT2D eigenvalue weighted by Gasteiger charge is 2.12. The van der Waals surface area contributed by atoms with Crippen molar-refractivity contribution in [2.45, 2.75) is 20.6 Å². The van der Waals surface area contributed by atoms with Crippen molar-refractivity contribution < 1.29 is 48.4 Å². The minimum atomic E-state index is -1.07. The van der Waals surface area contributed by atoms with Gasteiger partial charge in [0.25, 0.3) is 17.1 Å². The SMILES string of the molecule is C.I.O=C(OCc1cncs1)Oc1ccc([N+](=O)[O-])cc1.O=C(Oc1ccc([N+](=O)[O-])cc1)Oc1ccc([N+](=O)[O-])cc1.OCc1cncs1. The summed E-state index contributed by atoms with van der Waals surface area (Å²) in [4.78, 5) is 61.8. The maximum Gasteiger partial charge on any atom is 0.519 e. The number of carbonyl (C=O) groups excluding carboxylic acids is 2. The summed E-state index contributed by atoms with van der Waals surface area (Å²) in [7, 11) is 0. The van der Waals surface area contributed by atoms with E-state index in [1.54, 1.807) is 23.4 Å². The summed E-state index contributed by atoms with van der Waals surface area (Å²) < 4.78 is 19.3. The molecule has 0 radical (unpaired) electrons. The summed E-state index contributed by atoms with van der Waals surface area (Å²) in [6.07, 6.45) is 1.30. The zero-order valence-electron chi connectivity index (χ0n) is 24.5. The predicted molar refractivity (Wildman–Crippen MR) is 189 cm³/mol. The third-order valence-electron chi connectivity index (χ3n) is 5.20. The fraction of sp³-hybridized carbons (Fsp3) is 0.103. The second-order valence-corrected chi connectivity index (χ2v) is 10.4. The summed E-state index contributed by atoms with van der Waals surface area (Å²) in [5.74, 6) is 0.315. The van der Waals surface area contributed by atoms with E-state index in [-0.39, 0.29) is 78.9 Å². The van der Waals surface area contributed by atoms with E-state index in [9.17, 15) is 39.9 Å². The van der Waals surface area contributed by atoms with Crippen molar-refractivity contribution >= 4 is 76.0 Å². The summed E-state index contributed by atoms with van der Waals surface area (Å²) >= 11 is 2.82. The van der Waals surface area contributed by atoms with Crippen molar-refractivity contribution in [3.05, 3.63) is 136 Å². The number of rotatable bonds is 9. The van der Waals surface area contributed by atoms with E-state index >= 15 is 0 Å². The number of aromatic nitrogens is 2. The molecular weight excluding hydrogens is 817 g/mol. The number of aliphatic hydroxyl groups is 1. The fourth-order valence-corrected chi connectivity index (χ4v) is 3.97. The van der Waals surface area contributed by atoms with Gasteiger partial charge in [-0.05, 0) is 36.4 Å². The molecule has 21 heteroatoms. The Morgan fingerprint density at radius 2 is 0.960 bits per heavy atom. The van der Waals surface area contributed by atoms with Crippen molar-refractivity contribution in [1.82, 2.24) is 9.97 Å². The van der Waals surface area contributed by atoms with Crippen LogP contribution in [0.1, 0.15) is 17.2 Å². The summed E-state index contributed by atoms with van der Waals surface area (Å²) in [5, 5.41) is 39.8. The molecule has 0 unspecified atom stereocenters. The normalized spacial score (nSPS) is 9.38. The minimum Gasteiger partial charge on any atom is -0.428 e. The van der Waals surface area contributed by atoms with Crippen LogP contribution in [0.25, 0.3) is 0 Å². The lowest BCUT2D eigenvalue weighted by Crippen LogP contribution is -2.13. The van der Waals surface area contributed by atoms with Gasteiger partial charge in [0.15, 0.2) is 0 Å². The lowest BCUT2D eigenvalue weighted by molar-refractivity contribution is -0.385. The molecule has 0 aliphatic rings. The lowest BCUT2D eigenvalue weighted by Gasteiger charge is -2.05. The van der Waals surface area contributed by atoms with Crippen molar-refractivity contribution in [2.75, 3.05) is 0 Å². The third-order valence-corrected chi connectivity index (χ3v) is 6.72. The first-order valence-electron chi connectivity index (χ1n) is 12.9. The number of nitro benzene ring substituents is 3.